The van der Waals surface area contributed by atoms with Gasteiger partial charge >= 0.3 is 0 Å². The molecule has 1 aromatic carbocycles. The number of carbonyl (C=O) groups is 1. The third kappa shape index (κ3) is 2.91. The number of carbonyl (C=O) groups excluding carboxylic acids is 1. The number of amides is 1. The van der Waals surface area contributed by atoms with Gasteiger partial charge in [0.1, 0.15) is 5.54 Å². The second kappa shape index (κ2) is 6.05. The zero-order valence-electron chi connectivity index (χ0n) is 14.6. The molecule has 2 fully saturated rings. The van der Waals surface area contributed by atoms with Crippen molar-refractivity contribution >= 4 is 17.3 Å². The Morgan fingerprint density at radius 3 is 2.58 bits per heavy atom. The number of hydrogen-bond donors (Lipinski definition) is 1. The first-order valence-electron chi connectivity index (χ1n) is 9.17. The number of para-hydroxylation sites is 2. The van der Waals surface area contributed by atoms with E-state index in [-0.39, 0.29) is 5.91 Å². The SMILES string of the molecule is CC(C)CONC1(C(=O)N2CCN(C3CC3)c3ccccc32)CC1. The van der Waals surface area contributed by atoms with Crippen molar-refractivity contribution in [2.75, 3.05) is 29.5 Å². The number of fused-ring (bicyclic) bond motifs is 1. The zero-order valence-corrected chi connectivity index (χ0v) is 14.6. The molecule has 2 saturated carbocycles. The van der Waals surface area contributed by atoms with Gasteiger partial charge in [0.15, 0.2) is 0 Å². The predicted octanol–water partition coefficient (Wildman–Crippen LogP) is 2.71. The quantitative estimate of drug-likeness (QED) is 0.815. The molecule has 0 unspecified atom stereocenters. The van der Waals surface area contributed by atoms with Crippen LogP contribution >= 0.6 is 0 Å². The van der Waals surface area contributed by atoms with Gasteiger partial charge < -0.3 is 14.6 Å². The summed E-state index contributed by atoms with van der Waals surface area (Å²) in [7, 11) is 0. The summed E-state index contributed by atoms with van der Waals surface area (Å²) in [4.78, 5) is 23.2. The molecule has 2 aliphatic carbocycles. The van der Waals surface area contributed by atoms with Crippen molar-refractivity contribution in [3.63, 3.8) is 0 Å². The van der Waals surface area contributed by atoms with E-state index in [1.165, 1.54) is 18.5 Å². The van der Waals surface area contributed by atoms with Crippen molar-refractivity contribution in [3.8, 4) is 0 Å². The van der Waals surface area contributed by atoms with Crippen LogP contribution in [-0.2, 0) is 9.63 Å². The highest BCUT2D eigenvalue weighted by Gasteiger charge is 2.53. The molecule has 0 radical (unpaired) electrons. The number of anilines is 2. The first kappa shape index (κ1) is 15.9. The maximum absolute atomic E-state index is 13.2. The van der Waals surface area contributed by atoms with Crippen LogP contribution in [0.3, 0.4) is 0 Å². The van der Waals surface area contributed by atoms with E-state index in [9.17, 15) is 4.79 Å². The summed E-state index contributed by atoms with van der Waals surface area (Å²) in [5, 5.41) is 0. The number of hydrogen-bond acceptors (Lipinski definition) is 4. The molecule has 24 heavy (non-hydrogen) atoms. The molecule has 0 bridgehead atoms. The summed E-state index contributed by atoms with van der Waals surface area (Å²) in [6.45, 7) is 6.53. The van der Waals surface area contributed by atoms with Gasteiger partial charge in [-0.3, -0.25) is 4.79 Å². The molecule has 4 rings (SSSR count). The Bertz CT molecular complexity index is 623. The van der Waals surface area contributed by atoms with Gasteiger partial charge in [-0.2, -0.15) is 5.48 Å². The lowest BCUT2D eigenvalue weighted by molar-refractivity contribution is -0.127. The van der Waals surface area contributed by atoms with E-state index < -0.39 is 5.54 Å². The van der Waals surface area contributed by atoms with Crippen molar-refractivity contribution in [2.45, 2.75) is 51.1 Å². The summed E-state index contributed by atoms with van der Waals surface area (Å²) in [6.07, 6.45) is 4.26. The zero-order chi connectivity index (χ0) is 16.7. The average molecular weight is 329 g/mol. The van der Waals surface area contributed by atoms with E-state index in [1.54, 1.807) is 0 Å². The van der Waals surface area contributed by atoms with Crippen molar-refractivity contribution in [1.29, 1.82) is 0 Å². The van der Waals surface area contributed by atoms with E-state index in [0.29, 0.717) is 18.6 Å². The molecule has 1 amide bonds. The molecule has 0 spiro atoms. The number of benzene rings is 1. The third-order valence-corrected chi connectivity index (χ3v) is 5.12. The lowest BCUT2D eigenvalue weighted by Crippen LogP contribution is -2.53. The highest BCUT2D eigenvalue weighted by molar-refractivity contribution is 6.05. The Morgan fingerprint density at radius 1 is 1.25 bits per heavy atom. The highest BCUT2D eigenvalue weighted by atomic mass is 16.6. The maximum atomic E-state index is 13.2. The molecule has 1 heterocycles. The molecule has 3 aliphatic rings. The topological polar surface area (TPSA) is 44.8 Å². The second-order valence-electron chi connectivity index (χ2n) is 7.76. The van der Waals surface area contributed by atoms with Gasteiger partial charge in [0, 0.05) is 19.1 Å². The second-order valence-corrected chi connectivity index (χ2v) is 7.76. The Kier molecular flexibility index (Phi) is 4.01. The fraction of sp³-hybridized carbons (Fsp3) is 0.632. The largest absolute Gasteiger partial charge is 0.365 e. The monoisotopic (exact) mass is 329 g/mol. The van der Waals surface area contributed by atoms with E-state index in [1.807, 2.05) is 11.0 Å². The minimum atomic E-state index is -0.510. The Balaban J connectivity index is 1.51. The van der Waals surface area contributed by atoms with Gasteiger partial charge in [-0.25, -0.2) is 0 Å². The van der Waals surface area contributed by atoms with Crippen molar-refractivity contribution in [1.82, 2.24) is 5.48 Å². The van der Waals surface area contributed by atoms with Gasteiger partial charge in [0.2, 0.25) is 5.91 Å². The van der Waals surface area contributed by atoms with Gasteiger partial charge in [-0.05, 0) is 43.7 Å². The molecule has 0 atom stereocenters. The van der Waals surface area contributed by atoms with E-state index in [4.69, 9.17) is 4.84 Å². The minimum Gasteiger partial charge on any atom is -0.365 e. The summed E-state index contributed by atoms with van der Waals surface area (Å²) in [6, 6.07) is 8.99. The average Bonchev–Trinajstić information content (AvgIpc) is 3.47. The molecule has 130 valence electrons. The Hall–Kier alpha value is -1.59. The minimum absolute atomic E-state index is 0.161. The molecule has 0 saturated heterocycles. The smallest absolute Gasteiger partial charge is 0.249 e. The van der Waals surface area contributed by atoms with E-state index in [0.717, 1.165) is 31.6 Å². The summed E-state index contributed by atoms with van der Waals surface area (Å²) in [5.74, 6) is 0.611. The Morgan fingerprint density at radius 2 is 1.96 bits per heavy atom. The lowest BCUT2D eigenvalue weighted by atomic mass is 10.1. The normalized spacial score (nSPS) is 21.8. The predicted molar refractivity (Wildman–Crippen MR) is 95.1 cm³/mol. The first-order valence-corrected chi connectivity index (χ1v) is 9.17. The molecular formula is C19H27N3O2. The number of rotatable bonds is 6. The molecule has 0 aromatic heterocycles. The molecular weight excluding hydrogens is 302 g/mol. The van der Waals surface area contributed by atoms with Crippen LogP contribution in [0.5, 0.6) is 0 Å². The fourth-order valence-electron chi connectivity index (χ4n) is 3.45. The fourth-order valence-corrected chi connectivity index (χ4v) is 3.45. The van der Waals surface area contributed by atoms with Crippen molar-refractivity contribution < 1.29 is 9.63 Å². The third-order valence-electron chi connectivity index (χ3n) is 5.12. The molecule has 1 N–H and O–H groups in total. The molecule has 1 aromatic rings. The van der Waals surface area contributed by atoms with Crippen LogP contribution in [0, 0.1) is 5.92 Å². The summed E-state index contributed by atoms with van der Waals surface area (Å²) >= 11 is 0. The van der Waals surface area contributed by atoms with E-state index >= 15 is 0 Å². The highest BCUT2D eigenvalue weighted by Crippen LogP contribution is 2.43. The van der Waals surface area contributed by atoms with Crippen LogP contribution in [0.15, 0.2) is 24.3 Å². The lowest BCUT2D eigenvalue weighted by Gasteiger charge is -2.39. The van der Waals surface area contributed by atoms with Crippen molar-refractivity contribution in [3.05, 3.63) is 24.3 Å². The van der Waals surface area contributed by atoms with Crippen molar-refractivity contribution in [2.24, 2.45) is 5.92 Å². The van der Waals surface area contributed by atoms with Crippen LogP contribution in [0.25, 0.3) is 0 Å². The van der Waals surface area contributed by atoms with Crippen LogP contribution < -0.4 is 15.3 Å². The van der Waals surface area contributed by atoms with E-state index in [2.05, 4.69) is 42.4 Å². The standard InChI is InChI=1S/C19H27N3O2/c1-14(2)13-24-20-19(9-10-19)18(23)22-12-11-21(15-7-8-15)16-5-3-4-6-17(16)22/h3-6,14-15,20H,7-13H2,1-2H3. The summed E-state index contributed by atoms with van der Waals surface area (Å²) in [5.41, 5.74) is 4.82. The van der Waals surface area contributed by atoms with Gasteiger partial charge in [0.25, 0.3) is 0 Å². The molecule has 5 heteroatoms. The first-order chi connectivity index (χ1) is 11.6. The van der Waals surface area contributed by atoms with Crippen LogP contribution in [-0.4, -0.2) is 37.2 Å². The molecule has 5 nitrogen and oxygen atoms in total. The number of hydroxylamine groups is 1. The van der Waals surface area contributed by atoms with Gasteiger partial charge in [-0.15, -0.1) is 0 Å². The summed E-state index contributed by atoms with van der Waals surface area (Å²) < 4.78 is 0. The number of nitrogens with zero attached hydrogens (tertiary/aromatic N) is 2. The molecule has 1 aliphatic heterocycles. The number of nitrogens with one attached hydrogen (secondary N) is 1. The Labute approximate surface area is 143 Å². The maximum Gasteiger partial charge on any atom is 0.249 e. The van der Waals surface area contributed by atoms with Gasteiger partial charge in [0.05, 0.1) is 18.0 Å². The van der Waals surface area contributed by atoms with Crippen LogP contribution in [0.4, 0.5) is 11.4 Å². The van der Waals surface area contributed by atoms with Gasteiger partial charge in [-0.1, -0.05) is 26.0 Å². The van der Waals surface area contributed by atoms with Crippen LogP contribution in [0.1, 0.15) is 39.5 Å². The van der Waals surface area contributed by atoms with Crippen LogP contribution in [0.2, 0.25) is 0 Å².